The molecule has 0 amide bonds. The van der Waals surface area contributed by atoms with E-state index in [9.17, 15) is 9.90 Å². The first kappa shape index (κ1) is 22.6. The van der Waals surface area contributed by atoms with Crippen LogP contribution >= 0.6 is 0 Å². The third-order valence-corrected chi connectivity index (χ3v) is 6.52. The van der Waals surface area contributed by atoms with E-state index in [0.717, 1.165) is 19.3 Å². The average molecular weight is 321 g/mol. The van der Waals surface area contributed by atoms with Crippen molar-refractivity contribution in [3.63, 3.8) is 0 Å². The van der Waals surface area contributed by atoms with Crippen LogP contribution in [0.2, 0.25) is 5.54 Å². The zero-order valence-corrected chi connectivity index (χ0v) is 15.0. The number of rotatable bonds is 12. The lowest BCUT2D eigenvalue weighted by Gasteiger charge is -2.29. The molecule has 21 heavy (non-hydrogen) atoms. The first-order chi connectivity index (χ1) is 10.1. The number of aliphatic carboxylic acids is 1. The van der Waals surface area contributed by atoms with Crippen molar-refractivity contribution in [2.24, 2.45) is 0 Å². The number of carboxylic acid groups (broad SMARTS) is 1. The van der Waals surface area contributed by atoms with Gasteiger partial charge < -0.3 is 18.4 Å². The first-order valence-electron chi connectivity index (χ1n) is 7.46. The lowest BCUT2D eigenvalue weighted by molar-refractivity contribution is -0.138. The Kier molecular flexibility index (Phi) is 15.3. The van der Waals surface area contributed by atoms with Gasteiger partial charge in [-0.3, -0.25) is 4.79 Å². The minimum Gasteiger partial charge on any atom is -0.481 e. The van der Waals surface area contributed by atoms with Crippen LogP contribution in [0.15, 0.2) is 13.2 Å². The molecule has 0 aromatic rings. The van der Waals surface area contributed by atoms with Gasteiger partial charge in [0.2, 0.25) is 0 Å². The van der Waals surface area contributed by atoms with E-state index in [0.29, 0.717) is 6.42 Å². The molecular formula is C15H32O5Si. The van der Waals surface area contributed by atoms with Gasteiger partial charge in [-0.1, -0.05) is 45.4 Å². The largest absolute Gasteiger partial charge is 0.514 e. The molecule has 0 saturated heterocycles. The summed E-state index contributed by atoms with van der Waals surface area (Å²) in [7, 11) is 1.28. The molecule has 0 fully saturated rings. The Bertz CT molecular complexity index is 248. The summed E-state index contributed by atoms with van der Waals surface area (Å²) in [6.07, 6.45) is 7.29. The third kappa shape index (κ3) is 8.36. The van der Waals surface area contributed by atoms with Gasteiger partial charge in [0, 0.05) is 21.3 Å². The molecule has 0 rings (SSSR count). The Morgan fingerprint density at radius 1 is 1.00 bits per heavy atom. The summed E-state index contributed by atoms with van der Waals surface area (Å²) in [6.45, 7) is 8.18. The van der Waals surface area contributed by atoms with Gasteiger partial charge >= 0.3 is 14.8 Å². The van der Waals surface area contributed by atoms with Crippen molar-refractivity contribution < 1.29 is 23.2 Å². The molecule has 0 heterocycles. The van der Waals surface area contributed by atoms with Crippen molar-refractivity contribution in [3.8, 4) is 0 Å². The first-order valence-corrected chi connectivity index (χ1v) is 9.26. The Hall–Kier alpha value is -0.693. The number of carbonyl (C=O) groups is 1. The van der Waals surface area contributed by atoms with Crippen LogP contribution in [0.5, 0.6) is 0 Å². The summed E-state index contributed by atoms with van der Waals surface area (Å²) in [5.41, 5.74) is -0.682. The summed E-state index contributed by atoms with van der Waals surface area (Å²) in [4.78, 5) is 11.4. The van der Waals surface area contributed by atoms with E-state index in [2.05, 4.69) is 20.1 Å². The average Bonchev–Trinajstić information content (AvgIpc) is 2.52. The van der Waals surface area contributed by atoms with Crippen LogP contribution in [0.1, 0.15) is 51.9 Å². The van der Waals surface area contributed by atoms with Crippen LogP contribution < -0.4 is 0 Å². The lowest BCUT2D eigenvalue weighted by atomic mass is 10.1. The molecular weight excluding hydrogens is 288 g/mol. The second-order valence-electron chi connectivity index (χ2n) is 4.66. The standard InChI is InChI=1S/C13H28O5Si.C2H4/c1-5-6-7-8-9-10-11-12(13(14)15)19(16-2,17-3)18-4;1-2/h12H,5-11H2,1-4H3,(H,14,15);1-2H2. The summed E-state index contributed by atoms with van der Waals surface area (Å²) >= 11 is 0. The number of unbranched alkanes of at least 4 members (excludes halogenated alkanes) is 5. The quantitative estimate of drug-likeness (QED) is 0.336. The van der Waals surface area contributed by atoms with E-state index < -0.39 is 20.3 Å². The Labute approximate surface area is 130 Å². The highest BCUT2D eigenvalue weighted by Gasteiger charge is 2.51. The van der Waals surface area contributed by atoms with Crippen molar-refractivity contribution in [1.82, 2.24) is 0 Å². The summed E-state index contributed by atoms with van der Waals surface area (Å²) in [5, 5.41) is 9.34. The molecule has 0 aliphatic heterocycles. The summed E-state index contributed by atoms with van der Waals surface area (Å²) in [6, 6.07) is 0. The fourth-order valence-corrected chi connectivity index (χ4v) is 4.47. The Morgan fingerprint density at radius 3 is 1.81 bits per heavy atom. The molecule has 0 aliphatic rings. The fourth-order valence-electron chi connectivity index (χ4n) is 2.26. The molecule has 0 aliphatic carbocycles. The van der Waals surface area contributed by atoms with Gasteiger partial charge in [0.05, 0.1) is 0 Å². The predicted octanol–water partition coefficient (Wildman–Crippen LogP) is 3.87. The minimum absolute atomic E-state index is 0.545. The molecule has 0 aromatic carbocycles. The van der Waals surface area contributed by atoms with E-state index in [1.165, 1.54) is 40.6 Å². The van der Waals surface area contributed by atoms with Gasteiger partial charge in [0.1, 0.15) is 5.54 Å². The SMILES string of the molecule is C=C.CCCCCCCCC(C(=O)O)[Si](OC)(OC)OC. The van der Waals surface area contributed by atoms with Crippen LogP contribution in [-0.2, 0) is 18.1 Å². The molecule has 1 unspecified atom stereocenters. The van der Waals surface area contributed by atoms with Crippen LogP contribution in [-0.4, -0.2) is 41.2 Å². The molecule has 0 radical (unpaired) electrons. The van der Waals surface area contributed by atoms with Gasteiger partial charge in [-0.2, -0.15) is 0 Å². The van der Waals surface area contributed by atoms with E-state index in [-0.39, 0.29) is 0 Å². The maximum atomic E-state index is 11.4. The summed E-state index contributed by atoms with van der Waals surface area (Å²) in [5.74, 6) is -0.897. The topological polar surface area (TPSA) is 65.0 Å². The van der Waals surface area contributed by atoms with E-state index in [1.807, 2.05) is 0 Å². The highest BCUT2D eigenvalue weighted by atomic mass is 28.4. The Morgan fingerprint density at radius 2 is 1.43 bits per heavy atom. The second-order valence-corrected chi connectivity index (χ2v) is 7.79. The highest BCUT2D eigenvalue weighted by molar-refractivity contribution is 6.66. The summed E-state index contributed by atoms with van der Waals surface area (Å²) < 4.78 is 15.8. The van der Waals surface area contributed by atoms with Gasteiger partial charge in [0.25, 0.3) is 0 Å². The molecule has 1 atom stereocenters. The molecule has 0 aromatic heterocycles. The highest BCUT2D eigenvalue weighted by Crippen LogP contribution is 2.30. The van der Waals surface area contributed by atoms with Crippen molar-refractivity contribution >= 4 is 14.8 Å². The number of hydrogen-bond donors (Lipinski definition) is 1. The van der Waals surface area contributed by atoms with Gasteiger partial charge in [-0.25, -0.2) is 0 Å². The Balaban J connectivity index is 0. The predicted molar refractivity (Wildman–Crippen MR) is 87.4 cm³/mol. The van der Waals surface area contributed by atoms with Crippen molar-refractivity contribution in [1.29, 1.82) is 0 Å². The van der Waals surface area contributed by atoms with Gasteiger partial charge in [-0.15, -0.1) is 13.2 Å². The maximum Gasteiger partial charge on any atom is 0.514 e. The molecule has 1 N–H and O–H groups in total. The van der Waals surface area contributed by atoms with Gasteiger partial charge in [0.15, 0.2) is 0 Å². The van der Waals surface area contributed by atoms with Crippen molar-refractivity contribution in [2.75, 3.05) is 21.3 Å². The van der Waals surface area contributed by atoms with Crippen LogP contribution in [0.4, 0.5) is 0 Å². The third-order valence-electron chi connectivity index (χ3n) is 3.42. The van der Waals surface area contributed by atoms with Crippen LogP contribution in [0.25, 0.3) is 0 Å². The van der Waals surface area contributed by atoms with Crippen LogP contribution in [0, 0.1) is 0 Å². The van der Waals surface area contributed by atoms with Crippen molar-refractivity contribution in [2.45, 2.75) is 57.4 Å². The second kappa shape index (κ2) is 14.3. The zero-order chi connectivity index (χ0) is 16.7. The monoisotopic (exact) mass is 320 g/mol. The number of carboxylic acids is 1. The van der Waals surface area contributed by atoms with Gasteiger partial charge in [-0.05, 0) is 6.42 Å². The molecule has 0 saturated carbocycles. The van der Waals surface area contributed by atoms with E-state index >= 15 is 0 Å². The molecule has 5 nitrogen and oxygen atoms in total. The molecule has 126 valence electrons. The van der Waals surface area contributed by atoms with Crippen molar-refractivity contribution in [3.05, 3.63) is 13.2 Å². The number of hydrogen-bond acceptors (Lipinski definition) is 4. The van der Waals surface area contributed by atoms with E-state index in [4.69, 9.17) is 13.3 Å². The zero-order valence-electron chi connectivity index (χ0n) is 14.0. The fraction of sp³-hybridized carbons (Fsp3) is 0.800. The smallest absolute Gasteiger partial charge is 0.481 e. The van der Waals surface area contributed by atoms with E-state index in [1.54, 1.807) is 0 Å². The van der Waals surface area contributed by atoms with Crippen LogP contribution in [0.3, 0.4) is 0 Å². The molecule has 0 spiro atoms. The lowest BCUT2D eigenvalue weighted by Crippen LogP contribution is -2.50. The minimum atomic E-state index is -3.08. The molecule has 6 heteroatoms. The molecule has 0 bridgehead atoms. The maximum absolute atomic E-state index is 11.4. The normalized spacial score (nSPS) is 12.4.